The third kappa shape index (κ3) is 2.18. The molecule has 0 bridgehead atoms. The Morgan fingerprint density at radius 3 is 2.80 bits per heavy atom. The number of benzene rings is 2. The Kier molecular flexibility index (Phi) is 3.23. The maximum absolute atomic E-state index is 10.5. The molecule has 0 N–H and O–H groups in total. The van der Waals surface area contributed by atoms with Crippen LogP contribution in [0.15, 0.2) is 45.7 Å². The summed E-state index contributed by atoms with van der Waals surface area (Å²) in [5.74, 6) is 0.415. The topological polar surface area (TPSA) is 65.5 Å². The van der Waals surface area contributed by atoms with Crippen molar-refractivity contribution in [2.24, 2.45) is 0 Å². The van der Waals surface area contributed by atoms with Crippen molar-refractivity contribution in [2.45, 2.75) is 4.90 Å². The van der Waals surface area contributed by atoms with Gasteiger partial charge in [-0.05, 0) is 30.0 Å². The number of para-hydroxylation sites is 1. The van der Waals surface area contributed by atoms with E-state index < -0.39 is 0 Å². The highest BCUT2D eigenvalue weighted by atomic mass is 32.2. The molecule has 0 fully saturated rings. The molecule has 0 saturated carbocycles. The lowest BCUT2D eigenvalue weighted by Gasteiger charge is -2.05. The maximum atomic E-state index is 10.5. The molecule has 0 atom stereocenters. The molecule has 20 heavy (non-hydrogen) atoms. The molecule has 0 amide bonds. The first-order valence-corrected chi connectivity index (χ1v) is 6.91. The van der Waals surface area contributed by atoms with Crippen LogP contribution >= 0.6 is 11.8 Å². The van der Waals surface area contributed by atoms with Crippen molar-refractivity contribution in [3.63, 3.8) is 0 Å². The molecular weight excluding hydrogens is 278 g/mol. The predicted molar refractivity (Wildman–Crippen MR) is 78.0 cm³/mol. The lowest BCUT2D eigenvalue weighted by atomic mass is 10.1. The van der Waals surface area contributed by atoms with E-state index in [4.69, 9.17) is 9.15 Å². The second-order valence-corrected chi connectivity index (χ2v) is 5.19. The normalized spacial score (nSPS) is 11.1. The molecule has 2 aromatic carbocycles. The van der Waals surface area contributed by atoms with E-state index in [-0.39, 0.29) is 10.8 Å². The van der Waals surface area contributed by atoms with E-state index in [1.165, 1.54) is 0 Å². The highest BCUT2D eigenvalue weighted by molar-refractivity contribution is 7.99. The van der Waals surface area contributed by atoms with Gasteiger partial charge in [-0.3, -0.25) is 10.1 Å². The minimum Gasteiger partial charge on any atom is -0.496 e. The van der Waals surface area contributed by atoms with E-state index in [1.807, 2.05) is 30.3 Å². The van der Waals surface area contributed by atoms with Crippen LogP contribution in [0.25, 0.3) is 21.9 Å². The Bertz CT molecular complexity index is 796. The fourth-order valence-electron chi connectivity index (χ4n) is 2.13. The van der Waals surface area contributed by atoms with E-state index in [0.29, 0.717) is 16.2 Å². The van der Waals surface area contributed by atoms with E-state index in [1.54, 1.807) is 13.2 Å². The van der Waals surface area contributed by atoms with Gasteiger partial charge < -0.3 is 9.15 Å². The van der Waals surface area contributed by atoms with Crippen LogP contribution in [-0.4, -0.2) is 17.9 Å². The summed E-state index contributed by atoms with van der Waals surface area (Å²) in [5.41, 5.74) is 1.50. The van der Waals surface area contributed by atoms with Gasteiger partial charge in [0.05, 0.1) is 12.0 Å². The Hall–Kier alpha value is -2.21. The predicted octanol–water partition coefficient (Wildman–Crippen LogP) is 3.92. The molecule has 102 valence electrons. The van der Waals surface area contributed by atoms with Crippen LogP contribution in [0, 0.1) is 10.1 Å². The summed E-state index contributed by atoms with van der Waals surface area (Å²) in [5, 5.41) is 12.5. The summed E-state index contributed by atoms with van der Waals surface area (Å²) in [7, 11) is 1.56. The summed E-state index contributed by atoms with van der Waals surface area (Å²) < 4.78 is 11.1. The number of hydrogen-bond acceptors (Lipinski definition) is 5. The summed E-state index contributed by atoms with van der Waals surface area (Å²) in [6, 6.07) is 11.4. The van der Waals surface area contributed by atoms with Crippen molar-refractivity contribution >= 4 is 33.7 Å². The monoisotopic (exact) mass is 289 g/mol. The second-order valence-electron chi connectivity index (χ2n) is 4.20. The maximum Gasteiger partial charge on any atom is 0.253 e. The molecule has 3 aromatic rings. The molecule has 3 rings (SSSR count). The van der Waals surface area contributed by atoms with Crippen LogP contribution in [0.1, 0.15) is 0 Å². The van der Waals surface area contributed by atoms with Gasteiger partial charge in [0.2, 0.25) is 0 Å². The molecule has 0 aliphatic heterocycles. The van der Waals surface area contributed by atoms with Crippen LogP contribution in [-0.2, 0) is 0 Å². The lowest BCUT2D eigenvalue weighted by Crippen LogP contribution is -1.96. The number of ether oxygens (including phenoxy) is 1. The Morgan fingerprint density at radius 2 is 2.05 bits per heavy atom. The highest BCUT2D eigenvalue weighted by Crippen LogP contribution is 2.37. The SMILES string of the molecule is COc1cc2c(cc1SC[N+](=O)[O-])oc1ccccc12. The molecule has 0 aliphatic carbocycles. The quantitative estimate of drug-likeness (QED) is 0.315. The van der Waals surface area contributed by atoms with Gasteiger partial charge in [-0.15, -0.1) is 0 Å². The van der Waals surface area contributed by atoms with Gasteiger partial charge in [-0.1, -0.05) is 18.2 Å². The first-order valence-electron chi connectivity index (χ1n) is 5.93. The van der Waals surface area contributed by atoms with Gasteiger partial charge in [0, 0.05) is 15.7 Å². The van der Waals surface area contributed by atoms with Crippen molar-refractivity contribution < 1.29 is 14.1 Å². The lowest BCUT2D eigenvalue weighted by molar-refractivity contribution is -0.456. The van der Waals surface area contributed by atoms with Crippen LogP contribution < -0.4 is 4.74 Å². The van der Waals surface area contributed by atoms with E-state index in [9.17, 15) is 10.1 Å². The molecular formula is C14H11NO4S. The van der Waals surface area contributed by atoms with E-state index in [2.05, 4.69) is 0 Å². The molecule has 1 aromatic heterocycles. The number of methoxy groups -OCH3 is 1. The van der Waals surface area contributed by atoms with Gasteiger partial charge in [0.1, 0.15) is 16.9 Å². The van der Waals surface area contributed by atoms with Gasteiger partial charge in [0.15, 0.2) is 0 Å². The fraction of sp³-hybridized carbons (Fsp3) is 0.143. The van der Waals surface area contributed by atoms with E-state index >= 15 is 0 Å². The first kappa shape index (κ1) is 12.8. The number of nitrogens with zero attached hydrogens (tertiary/aromatic N) is 1. The molecule has 0 spiro atoms. The highest BCUT2D eigenvalue weighted by Gasteiger charge is 2.13. The van der Waals surface area contributed by atoms with Crippen molar-refractivity contribution in [3.05, 3.63) is 46.5 Å². The molecule has 5 nitrogen and oxygen atoms in total. The molecule has 1 heterocycles. The number of hydrogen-bond donors (Lipinski definition) is 0. The van der Waals surface area contributed by atoms with E-state index in [0.717, 1.165) is 28.1 Å². The third-order valence-electron chi connectivity index (χ3n) is 2.99. The van der Waals surface area contributed by atoms with Crippen molar-refractivity contribution in [1.29, 1.82) is 0 Å². The van der Waals surface area contributed by atoms with Gasteiger partial charge in [-0.2, -0.15) is 0 Å². The Balaban J connectivity index is 2.16. The van der Waals surface area contributed by atoms with Gasteiger partial charge >= 0.3 is 0 Å². The number of rotatable bonds is 4. The zero-order chi connectivity index (χ0) is 14.1. The second kappa shape index (κ2) is 5.05. The molecule has 0 radical (unpaired) electrons. The summed E-state index contributed by atoms with van der Waals surface area (Å²) in [6.07, 6.45) is 0. The van der Waals surface area contributed by atoms with Crippen LogP contribution in [0.4, 0.5) is 0 Å². The Labute approximate surface area is 118 Å². The minimum atomic E-state index is -0.368. The first-order chi connectivity index (χ1) is 9.69. The average molecular weight is 289 g/mol. The average Bonchev–Trinajstić information content (AvgIpc) is 2.81. The number of furan rings is 1. The van der Waals surface area contributed by atoms with Crippen LogP contribution in [0.2, 0.25) is 0 Å². The van der Waals surface area contributed by atoms with Gasteiger partial charge in [0.25, 0.3) is 5.88 Å². The largest absolute Gasteiger partial charge is 0.496 e. The van der Waals surface area contributed by atoms with Crippen LogP contribution in [0.5, 0.6) is 5.75 Å². The van der Waals surface area contributed by atoms with Crippen molar-refractivity contribution in [1.82, 2.24) is 0 Å². The number of thioether (sulfide) groups is 1. The smallest absolute Gasteiger partial charge is 0.253 e. The molecule has 6 heteroatoms. The Morgan fingerprint density at radius 1 is 1.25 bits per heavy atom. The standard InChI is InChI=1S/C14H11NO4S/c1-18-13-6-10-9-4-2-3-5-11(9)19-12(10)7-14(13)20-8-15(16)17/h2-7H,8H2,1H3. The molecule has 0 saturated heterocycles. The fourth-order valence-corrected chi connectivity index (χ4v) is 2.85. The summed E-state index contributed by atoms with van der Waals surface area (Å²) >= 11 is 1.12. The minimum absolute atomic E-state index is 0.206. The third-order valence-corrected chi connectivity index (χ3v) is 3.96. The number of fused-ring (bicyclic) bond motifs is 3. The number of nitro groups is 1. The van der Waals surface area contributed by atoms with Crippen molar-refractivity contribution in [2.75, 3.05) is 13.0 Å². The zero-order valence-electron chi connectivity index (χ0n) is 10.7. The van der Waals surface area contributed by atoms with Crippen LogP contribution in [0.3, 0.4) is 0 Å². The van der Waals surface area contributed by atoms with Gasteiger partial charge in [-0.25, -0.2) is 0 Å². The molecule has 0 unspecified atom stereocenters. The molecule has 0 aliphatic rings. The summed E-state index contributed by atoms with van der Waals surface area (Å²) in [4.78, 5) is 10.8. The summed E-state index contributed by atoms with van der Waals surface area (Å²) in [6.45, 7) is 0. The van der Waals surface area contributed by atoms with Crippen molar-refractivity contribution in [3.8, 4) is 5.75 Å². The zero-order valence-corrected chi connectivity index (χ0v) is 11.5.